The van der Waals surface area contributed by atoms with Gasteiger partial charge in [-0.3, -0.25) is 4.98 Å². The average Bonchev–Trinajstić information content (AvgIpc) is 3.01. The lowest BCUT2D eigenvalue weighted by Crippen LogP contribution is -2.33. The fourth-order valence-corrected chi connectivity index (χ4v) is 7.02. The number of anilines is 2. The summed E-state index contributed by atoms with van der Waals surface area (Å²) in [5.74, 6) is 1.02. The minimum atomic E-state index is -5.02. The van der Waals surface area contributed by atoms with E-state index in [1.54, 1.807) is 6.20 Å². The quantitative estimate of drug-likeness (QED) is 0.158. The SMILES string of the molecule is C.CN(CCc1ccccn1)c1nc(NCC2CCC(CNS(=O)(=O)c3ccc(Br)cc3OC(F)(F)F)CC2)nc2ccccc12. The number of hydrogen-bond donors (Lipinski definition) is 2. The molecule has 2 aromatic heterocycles. The second kappa shape index (κ2) is 15.4. The lowest BCUT2D eigenvalue weighted by molar-refractivity contribution is -0.275. The van der Waals surface area contributed by atoms with Crippen molar-refractivity contribution in [3.8, 4) is 5.75 Å². The largest absolute Gasteiger partial charge is 0.573 e. The molecule has 1 saturated carbocycles. The van der Waals surface area contributed by atoms with Crippen molar-refractivity contribution in [2.45, 2.75) is 50.8 Å². The van der Waals surface area contributed by atoms with Crippen LogP contribution in [0.25, 0.3) is 10.9 Å². The monoisotopic (exact) mass is 722 g/mol. The van der Waals surface area contributed by atoms with Crippen LogP contribution >= 0.6 is 15.9 Å². The van der Waals surface area contributed by atoms with Crippen molar-refractivity contribution >= 4 is 48.6 Å². The first-order valence-corrected chi connectivity index (χ1v) is 16.9. The van der Waals surface area contributed by atoms with E-state index in [1.165, 1.54) is 6.07 Å². The van der Waals surface area contributed by atoms with E-state index in [9.17, 15) is 21.6 Å². The third-order valence-corrected chi connectivity index (χ3v) is 9.83. The number of pyridine rings is 1. The minimum Gasteiger partial charge on any atom is -0.404 e. The van der Waals surface area contributed by atoms with E-state index >= 15 is 0 Å². The third kappa shape index (κ3) is 9.52. The zero-order valence-electron chi connectivity index (χ0n) is 24.6. The standard InChI is InChI=1S/C31H34BrF3N6O3S.CH4/c1-41(17-15-24-6-4-5-16-36-24)29-25-7-2-3-8-26(25)39-30(40-29)37-19-21-9-11-22(12-10-21)20-38-45(42,43)28-14-13-23(32)18-27(28)44-31(33,34)35;/h2-8,13-14,16,18,21-22,38H,9-12,15,17,19-20H2,1H3,(H,37,39,40);1H4. The molecule has 2 N–H and O–H groups in total. The van der Waals surface area contributed by atoms with Gasteiger partial charge < -0.3 is 15.0 Å². The number of para-hydroxylation sites is 1. The fourth-order valence-electron chi connectivity index (χ4n) is 5.45. The van der Waals surface area contributed by atoms with Crippen LogP contribution in [0.5, 0.6) is 5.75 Å². The van der Waals surface area contributed by atoms with Gasteiger partial charge in [-0.2, -0.15) is 4.98 Å². The molecule has 0 bridgehead atoms. The van der Waals surface area contributed by atoms with Crippen LogP contribution in [0.3, 0.4) is 0 Å². The molecule has 9 nitrogen and oxygen atoms in total. The van der Waals surface area contributed by atoms with Crippen LogP contribution < -0.4 is 19.7 Å². The molecule has 1 aliphatic carbocycles. The van der Waals surface area contributed by atoms with Gasteiger partial charge in [-0.05, 0) is 80.0 Å². The number of alkyl halides is 3. The number of sulfonamides is 1. The third-order valence-electron chi connectivity index (χ3n) is 7.87. The summed E-state index contributed by atoms with van der Waals surface area (Å²) in [4.78, 5) is 15.6. The van der Waals surface area contributed by atoms with Gasteiger partial charge >= 0.3 is 6.36 Å². The highest BCUT2D eigenvalue weighted by atomic mass is 79.9. The molecule has 1 aliphatic rings. The Labute approximate surface area is 276 Å². The lowest BCUT2D eigenvalue weighted by atomic mass is 9.82. The molecular formula is C32H38BrF3N6O3S. The van der Waals surface area contributed by atoms with Crippen molar-refractivity contribution in [2.75, 3.05) is 36.9 Å². The Kier molecular flexibility index (Phi) is 11.8. The average molecular weight is 724 g/mol. The maximum absolute atomic E-state index is 12.9. The number of fused-ring (bicyclic) bond motifs is 1. The Morgan fingerprint density at radius 3 is 2.37 bits per heavy atom. The summed E-state index contributed by atoms with van der Waals surface area (Å²) in [6.07, 6.45) is 0.841. The predicted molar refractivity (Wildman–Crippen MR) is 177 cm³/mol. The lowest BCUT2D eigenvalue weighted by Gasteiger charge is -2.29. The van der Waals surface area contributed by atoms with Crippen molar-refractivity contribution in [1.29, 1.82) is 0 Å². The zero-order chi connectivity index (χ0) is 32.0. The molecule has 0 spiro atoms. The molecule has 2 aromatic carbocycles. The molecule has 2 heterocycles. The Bertz CT molecular complexity index is 1700. The highest BCUT2D eigenvalue weighted by Crippen LogP contribution is 2.33. The maximum atomic E-state index is 12.9. The number of benzene rings is 2. The van der Waals surface area contributed by atoms with Gasteiger partial charge in [0, 0.05) is 54.9 Å². The number of hydrogen-bond acceptors (Lipinski definition) is 8. The van der Waals surface area contributed by atoms with Gasteiger partial charge in [-0.1, -0.05) is 41.6 Å². The highest BCUT2D eigenvalue weighted by molar-refractivity contribution is 9.10. The topological polar surface area (TPSA) is 109 Å². The number of ether oxygens (including phenoxy) is 1. The minimum absolute atomic E-state index is 0. The first-order chi connectivity index (χ1) is 21.5. The highest BCUT2D eigenvalue weighted by Gasteiger charge is 2.34. The van der Waals surface area contributed by atoms with Crippen molar-refractivity contribution in [2.24, 2.45) is 11.8 Å². The second-order valence-electron chi connectivity index (χ2n) is 11.1. The number of aromatic nitrogens is 3. The Balaban J connectivity index is 0.00000480. The predicted octanol–water partition coefficient (Wildman–Crippen LogP) is 7.20. The summed E-state index contributed by atoms with van der Waals surface area (Å²) in [5, 5.41) is 4.38. The molecular weight excluding hydrogens is 685 g/mol. The van der Waals surface area contributed by atoms with Gasteiger partial charge in [0.05, 0.1) is 5.52 Å². The fraction of sp³-hybridized carbons (Fsp3) is 0.406. The Hall–Kier alpha value is -3.49. The Morgan fingerprint density at radius 2 is 1.67 bits per heavy atom. The van der Waals surface area contributed by atoms with Crippen molar-refractivity contribution in [3.63, 3.8) is 0 Å². The van der Waals surface area contributed by atoms with E-state index < -0.39 is 27.0 Å². The van der Waals surface area contributed by atoms with Gasteiger partial charge in [-0.15, -0.1) is 13.2 Å². The first kappa shape index (κ1) is 35.4. The van der Waals surface area contributed by atoms with E-state index in [-0.39, 0.29) is 24.4 Å². The van der Waals surface area contributed by atoms with Crippen LogP contribution in [-0.4, -0.2) is 56.4 Å². The number of halogens is 4. The van der Waals surface area contributed by atoms with Crippen molar-refractivity contribution in [1.82, 2.24) is 19.7 Å². The van der Waals surface area contributed by atoms with Gasteiger partial charge in [0.25, 0.3) is 0 Å². The molecule has 1 fully saturated rings. The summed E-state index contributed by atoms with van der Waals surface area (Å²) in [5.41, 5.74) is 1.86. The molecule has 4 aromatic rings. The van der Waals surface area contributed by atoms with Crippen molar-refractivity contribution < 1.29 is 26.3 Å². The second-order valence-corrected chi connectivity index (χ2v) is 13.8. The molecule has 0 saturated heterocycles. The van der Waals surface area contributed by atoms with Crippen LogP contribution in [0.15, 0.2) is 76.2 Å². The number of nitrogens with one attached hydrogen (secondary N) is 2. The van der Waals surface area contributed by atoms with E-state index in [2.05, 4.69) is 40.6 Å². The van der Waals surface area contributed by atoms with E-state index in [0.717, 1.165) is 73.2 Å². The van der Waals surface area contributed by atoms with Gasteiger partial charge in [0.1, 0.15) is 10.7 Å². The first-order valence-electron chi connectivity index (χ1n) is 14.6. The zero-order valence-corrected chi connectivity index (χ0v) is 27.0. The molecule has 5 rings (SSSR count). The van der Waals surface area contributed by atoms with Crippen LogP contribution in [-0.2, 0) is 16.4 Å². The van der Waals surface area contributed by atoms with Gasteiger partial charge in [0.2, 0.25) is 16.0 Å². The number of nitrogens with zero attached hydrogens (tertiary/aromatic N) is 4. The van der Waals surface area contributed by atoms with Crippen LogP contribution in [0, 0.1) is 11.8 Å². The van der Waals surface area contributed by atoms with Crippen molar-refractivity contribution in [3.05, 3.63) is 77.0 Å². The van der Waals surface area contributed by atoms with Gasteiger partial charge in [-0.25, -0.2) is 18.1 Å². The number of likely N-dealkylation sites (N-methyl/N-ethyl adjacent to an activating group) is 1. The summed E-state index contributed by atoms with van der Waals surface area (Å²) in [7, 11) is -2.21. The molecule has 0 atom stereocenters. The summed E-state index contributed by atoms with van der Waals surface area (Å²) in [6.45, 7) is 1.54. The molecule has 0 aliphatic heterocycles. The molecule has 14 heteroatoms. The van der Waals surface area contributed by atoms with Crippen LogP contribution in [0.4, 0.5) is 24.9 Å². The summed E-state index contributed by atoms with van der Waals surface area (Å²) in [6, 6.07) is 17.2. The van der Waals surface area contributed by atoms with E-state index in [4.69, 9.17) is 9.97 Å². The normalized spacial score (nSPS) is 16.9. The Morgan fingerprint density at radius 1 is 0.978 bits per heavy atom. The van der Waals surface area contributed by atoms with Gasteiger partial charge in [0.15, 0.2) is 5.75 Å². The summed E-state index contributed by atoms with van der Waals surface area (Å²) >= 11 is 3.06. The maximum Gasteiger partial charge on any atom is 0.573 e. The van der Waals surface area contributed by atoms with E-state index in [0.29, 0.717) is 18.4 Å². The van der Waals surface area contributed by atoms with Crippen LogP contribution in [0.2, 0.25) is 0 Å². The molecule has 0 unspecified atom stereocenters. The molecule has 0 radical (unpaired) electrons. The van der Waals surface area contributed by atoms with Crippen LogP contribution in [0.1, 0.15) is 38.8 Å². The smallest absolute Gasteiger partial charge is 0.404 e. The molecule has 248 valence electrons. The summed E-state index contributed by atoms with van der Waals surface area (Å²) < 4.78 is 71.1. The molecule has 46 heavy (non-hydrogen) atoms. The number of rotatable bonds is 12. The molecule has 0 amide bonds. The van der Waals surface area contributed by atoms with E-state index in [1.807, 2.05) is 49.5 Å².